The van der Waals surface area contributed by atoms with Crippen molar-refractivity contribution in [3.8, 4) is 5.75 Å². The molecule has 116 valence electrons. The highest BCUT2D eigenvalue weighted by Crippen LogP contribution is 2.15. The number of carbonyl (C=O) groups is 2. The minimum atomic E-state index is -0.845. The maximum atomic E-state index is 11.9. The maximum absolute atomic E-state index is 11.9. The number of aliphatic carboxylic acids is 1. The lowest BCUT2D eigenvalue weighted by molar-refractivity contribution is -0.138. The molecule has 3 N–H and O–H groups in total. The number of carboxylic acids is 1. The van der Waals surface area contributed by atoms with Crippen molar-refractivity contribution in [1.82, 2.24) is 5.32 Å². The van der Waals surface area contributed by atoms with E-state index < -0.39 is 5.97 Å². The van der Waals surface area contributed by atoms with Gasteiger partial charge in [0.15, 0.2) is 0 Å². The largest absolute Gasteiger partial charge is 0.508 e. The Labute approximate surface area is 125 Å². The predicted octanol–water partition coefficient (Wildman–Crippen LogP) is 2.19. The Hall–Kier alpha value is -2.04. The van der Waals surface area contributed by atoms with E-state index >= 15 is 0 Å². The average Bonchev–Trinajstić information content (AvgIpc) is 2.34. The molecule has 0 aliphatic heterocycles. The molecule has 1 unspecified atom stereocenters. The summed E-state index contributed by atoms with van der Waals surface area (Å²) in [4.78, 5) is 22.7. The van der Waals surface area contributed by atoms with Crippen LogP contribution in [0.1, 0.15) is 32.3 Å². The molecule has 0 aromatic heterocycles. The average molecular weight is 293 g/mol. The molecule has 0 radical (unpaired) electrons. The number of nitrogens with one attached hydrogen (secondary N) is 1. The van der Waals surface area contributed by atoms with Gasteiger partial charge >= 0.3 is 5.97 Å². The van der Waals surface area contributed by atoms with Crippen LogP contribution in [-0.2, 0) is 16.0 Å². The molecule has 0 aliphatic rings. The lowest BCUT2D eigenvalue weighted by Crippen LogP contribution is -2.32. The second-order valence-corrected chi connectivity index (χ2v) is 5.74. The SMILES string of the molecule is CC(C)CC(CNC(=O)Cc1cccc(O)c1)CC(=O)O. The van der Waals surface area contributed by atoms with Gasteiger partial charge in [0, 0.05) is 13.0 Å². The third-order valence-corrected chi connectivity index (χ3v) is 3.13. The molecule has 0 aliphatic carbocycles. The van der Waals surface area contributed by atoms with E-state index in [1.54, 1.807) is 24.3 Å². The van der Waals surface area contributed by atoms with Crippen LogP contribution in [0, 0.1) is 11.8 Å². The van der Waals surface area contributed by atoms with Gasteiger partial charge < -0.3 is 15.5 Å². The molecule has 1 aromatic rings. The summed E-state index contributed by atoms with van der Waals surface area (Å²) in [5.74, 6) is -0.556. The molecular weight excluding hydrogens is 270 g/mol. The molecule has 0 saturated heterocycles. The van der Waals surface area contributed by atoms with Crippen molar-refractivity contribution in [3.63, 3.8) is 0 Å². The molecule has 21 heavy (non-hydrogen) atoms. The predicted molar refractivity (Wildman–Crippen MR) is 80.0 cm³/mol. The minimum Gasteiger partial charge on any atom is -0.508 e. The fraction of sp³-hybridized carbons (Fsp3) is 0.500. The van der Waals surface area contributed by atoms with Crippen LogP contribution < -0.4 is 5.32 Å². The van der Waals surface area contributed by atoms with Gasteiger partial charge in [0.1, 0.15) is 5.75 Å². The fourth-order valence-electron chi connectivity index (χ4n) is 2.32. The molecule has 0 fully saturated rings. The van der Waals surface area contributed by atoms with E-state index in [1.165, 1.54) is 0 Å². The van der Waals surface area contributed by atoms with E-state index in [4.69, 9.17) is 5.11 Å². The smallest absolute Gasteiger partial charge is 0.303 e. The molecule has 1 amide bonds. The monoisotopic (exact) mass is 293 g/mol. The third kappa shape index (κ3) is 7.34. The number of phenols is 1. The van der Waals surface area contributed by atoms with Crippen LogP contribution in [0.2, 0.25) is 0 Å². The van der Waals surface area contributed by atoms with Crippen molar-refractivity contribution < 1.29 is 19.8 Å². The van der Waals surface area contributed by atoms with E-state index in [9.17, 15) is 14.7 Å². The standard InChI is InChI=1S/C16H23NO4/c1-11(2)6-13(9-16(20)21)10-17-15(19)8-12-4-3-5-14(18)7-12/h3-5,7,11,13,18H,6,8-10H2,1-2H3,(H,17,19)(H,20,21). The molecule has 1 rings (SSSR count). The zero-order valence-corrected chi connectivity index (χ0v) is 12.5. The quantitative estimate of drug-likeness (QED) is 0.685. The van der Waals surface area contributed by atoms with Gasteiger partial charge in [0.25, 0.3) is 0 Å². The zero-order valence-electron chi connectivity index (χ0n) is 12.5. The highest BCUT2D eigenvalue weighted by Gasteiger charge is 2.16. The van der Waals surface area contributed by atoms with Crippen LogP contribution in [0.15, 0.2) is 24.3 Å². The van der Waals surface area contributed by atoms with Crippen LogP contribution in [0.3, 0.4) is 0 Å². The fourth-order valence-corrected chi connectivity index (χ4v) is 2.32. The Balaban J connectivity index is 2.47. The highest BCUT2D eigenvalue weighted by atomic mass is 16.4. The van der Waals surface area contributed by atoms with Gasteiger partial charge in [0.2, 0.25) is 5.91 Å². The lowest BCUT2D eigenvalue weighted by atomic mass is 9.94. The molecule has 0 heterocycles. The normalized spacial score (nSPS) is 12.1. The summed E-state index contributed by atoms with van der Waals surface area (Å²) >= 11 is 0. The Bertz CT molecular complexity index is 485. The van der Waals surface area contributed by atoms with E-state index in [0.717, 1.165) is 12.0 Å². The number of carbonyl (C=O) groups excluding carboxylic acids is 1. The molecular formula is C16H23NO4. The van der Waals surface area contributed by atoms with E-state index in [1.807, 2.05) is 13.8 Å². The van der Waals surface area contributed by atoms with Crippen molar-refractivity contribution in [3.05, 3.63) is 29.8 Å². The molecule has 1 atom stereocenters. The van der Waals surface area contributed by atoms with E-state index in [2.05, 4.69) is 5.32 Å². The van der Waals surface area contributed by atoms with Crippen LogP contribution in [0.4, 0.5) is 0 Å². The Morgan fingerprint density at radius 2 is 2.00 bits per heavy atom. The van der Waals surface area contributed by atoms with Gasteiger partial charge in [-0.1, -0.05) is 26.0 Å². The van der Waals surface area contributed by atoms with Crippen LogP contribution in [-0.4, -0.2) is 28.6 Å². The number of phenolic OH excluding ortho intramolecular Hbond substituents is 1. The number of amides is 1. The Morgan fingerprint density at radius 1 is 1.29 bits per heavy atom. The summed E-state index contributed by atoms with van der Waals surface area (Å²) in [6.07, 6.45) is 0.999. The van der Waals surface area contributed by atoms with E-state index in [-0.39, 0.29) is 30.4 Å². The second kappa shape index (κ2) is 8.29. The first-order valence-corrected chi connectivity index (χ1v) is 7.13. The van der Waals surface area contributed by atoms with Gasteiger partial charge in [-0.3, -0.25) is 9.59 Å². The number of carboxylic acid groups (broad SMARTS) is 1. The number of aromatic hydroxyl groups is 1. The van der Waals surface area contributed by atoms with Crippen molar-refractivity contribution in [1.29, 1.82) is 0 Å². The summed E-state index contributed by atoms with van der Waals surface area (Å²) in [6, 6.07) is 6.54. The topological polar surface area (TPSA) is 86.6 Å². The molecule has 0 saturated carbocycles. The van der Waals surface area contributed by atoms with Crippen molar-refractivity contribution in [2.75, 3.05) is 6.54 Å². The number of hydrogen-bond acceptors (Lipinski definition) is 3. The van der Waals surface area contributed by atoms with Gasteiger partial charge in [-0.15, -0.1) is 0 Å². The first-order chi connectivity index (χ1) is 9.86. The number of rotatable bonds is 8. The molecule has 5 heteroatoms. The third-order valence-electron chi connectivity index (χ3n) is 3.13. The van der Waals surface area contributed by atoms with Gasteiger partial charge in [-0.2, -0.15) is 0 Å². The first kappa shape index (κ1) is 17.0. The summed E-state index contributed by atoms with van der Waals surface area (Å²) in [6.45, 7) is 4.43. The molecule has 0 spiro atoms. The Morgan fingerprint density at radius 3 is 2.57 bits per heavy atom. The summed E-state index contributed by atoms with van der Waals surface area (Å²) in [5, 5.41) is 21.0. The second-order valence-electron chi connectivity index (χ2n) is 5.74. The zero-order chi connectivity index (χ0) is 15.8. The van der Waals surface area contributed by atoms with Crippen LogP contribution in [0.5, 0.6) is 5.75 Å². The van der Waals surface area contributed by atoms with Crippen molar-refractivity contribution in [2.24, 2.45) is 11.8 Å². The van der Waals surface area contributed by atoms with Crippen LogP contribution >= 0.6 is 0 Å². The van der Waals surface area contributed by atoms with Gasteiger partial charge in [0.05, 0.1) is 6.42 Å². The number of benzene rings is 1. The van der Waals surface area contributed by atoms with Crippen molar-refractivity contribution >= 4 is 11.9 Å². The summed E-state index contributed by atoms with van der Waals surface area (Å²) < 4.78 is 0. The van der Waals surface area contributed by atoms with Crippen molar-refractivity contribution in [2.45, 2.75) is 33.1 Å². The van der Waals surface area contributed by atoms with E-state index in [0.29, 0.717) is 12.5 Å². The molecule has 1 aromatic carbocycles. The maximum Gasteiger partial charge on any atom is 0.303 e. The minimum absolute atomic E-state index is 0.0596. The lowest BCUT2D eigenvalue weighted by Gasteiger charge is -2.17. The molecule has 0 bridgehead atoms. The molecule has 5 nitrogen and oxygen atoms in total. The van der Waals surface area contributed by atoms with Gasteiger partial charge in [-0.05, 0) is 36.0 Å². The van der Waals surface area contributed by atoms with Gasteiger partial charge in [-0.25, -0.2) is 0 Å². The Kier molecular flexibility index (Phi) is 6.72. The van der Waals surface area contributed by atoms with Crippen LogP contribution in [0.25, 0.3) is 0 Å². The number of hydrogen-bond donors (Lipinski definition) is 3. The first-order valence-electron chi connectivity index (χ1n) is 7.13. The summed E-state index contributed by atoms with van der Waals surface area (Å²) in [7, 11) is 0. The highest BCUT2D eigenvalue weighted by molar-refractivity contribution is 5.78. The summed E-state index contributed by atoms with van der Waals surface area (Å²) in [5.41, 5.74) is 0.728.